The third-order valence-corrected chi connectivity index (χ3v) is 10.2. The Hall–Kier alpha value is -6.85. The van der Waals surface area contributed by atoms with Crippen molar-refractivity contribution >= 4 is 44.8 Å². The predicted molar refractivity (Wildman–Crippen MR) is 214 cm³/mol. The highest BCUT2D eigenvalue weighted by Crippen LogP contribution is 2.42. The van der Waals surface area contributed by atoms with E-state index in [1.54, 1.807) is 6.20 Å². The van der Waals surface area contributed by atoms with Crippen molar-refractivity contribution < 1.29 is 0 Å². The van der Waals surface area contributed by atoms with E-state index in [2.05, 4.69) is 155 Å². The molecule has 2 N–H and O–H groups in total. The third-order valence-electron chi connectivity index (χ3n) is 10.2. The third kappa shape index (κ3) is 5.40. The van der Waals surface area contributed by atoms with Gasteiger partial charge in [0.05, 0.1) is 45.9 Å². The van der Waals surface area contributed by atoms with Crippen LogP contribution in [-0.4, -0.2) is 21.0 Å². The van der Waals surface area contributed by atoms with E-state index in [1.165, 1.54) is 22.3 Å². The first kappa shape index (κ1) is 30.0. The molecule has 10 rings (SSSR count). The summed E-state index contributed by atoms with van der Waals surface area (Å²) in [6.45, 7) is 0. The number of benzene rings is 4. The molecule has 2 aliphatic heterocycles. The van der Waals surface area contributed by atoms with E-state index in [0.29, 0.717) is 0 Å². The number of hydrogen-bond acceptors (Lipinski definition) is 5. The maximum absolute atomic E-state index is 5.25. The Morgan fingerprint density at radius 1 is 0.558 bits per heavy atom. The van der Waals surface area contributed by atoms with E-state index in [9.17, 15) is 0 Å². The summed E-state index contributed by atoms with van der Waals surface area (Å²) in [7, 11) is 0. The van der Waals surface area contributed by atoms with Crippen LogP contribution in [0.5, 0.6) is 0 Å². The van der Waals surface area contributed by atoms with Gasteiger partial charge in [0.2, 0.25) is 0 Å². The zero-order valence-electron chi connectivity index (χ0n) is 28.2. The van der Waals surface area contributed by atoms with E-state index in [-0.39, 0.29) is 12.1 Å². The highest BCUT2D eigenvalue weighted by molar-refractivity contribution is 6.03. The second-order valence-corrected chi connectivity index (χ2v) is 13.4. The van der Waals surface area contributed by atoms with Crippen LogP contribution in [0.25, 0.3) is 61.8 Å². The maximum Gasteiger partial charge on any atom is 0.0947 e. The van der Waals surface area contributed by atoms with Crippen molar-refractivity contribution in [1.82, 2.24) is 20.3 Å². The maximum atomic E-state index is 5.25. The van der Waals surface area contributed by atoms with Crippen molar-refractivity contribution in [3.63, 3.8) is 0 Å². The van der Waals surface area contributed by atoms with Crippen molar-refractivity contribution in [2.45, 2.75) is 12.1 Å². The molecule has 5 heterocycles. The van der Waals surface area contributed by atoms with Crippen molar-refractivity contribution in [2.75, 3.05) is 5.32 Å². The van der Waals surface area contributed by atoms with Gasteiger partial charge < -0.3 is 10.6 Å². The van der Waals surface area contributed by atoms with E-state index in [4.69, 9.17) is 9.97 Å². The summed E-state index contributed by atoms with van der Waals surface area (Å²) in [5.41, 5.74) is 14.9. The molecule has 0 radical (unpaired) electrons. The van der Waals surface area contributed by atoms with Gasteiger partial charge in [-0.2, -0.15) is 0 Å². The lowest BCUT2D eigenvalue weighted by Crippen LogP contribution is -2.31. The number of dihydropyridines is 1. The molecule has 0 amide bonds. The topological polar surface area (TPSA) is 62.7 Å². The van der Waals surface area contributed by atoms with Crippen LogP contribution in [-0.2, 0) is 0 Å². The number of allylic oxidation sites excluding steroid dienone is 4. The molecule has 3 aliphatic rings. The Morgan fingerprint density at radius 2 is 1.37 bits per heavy atom. The highest BCUT2D eigenvalue weighted by atomic mass is 15.0. The number of aromatic nitrogens is 3. The standard InChI is InChI=1S/C47H33N5/c1-3-9-30(10-4-1)39-23-20-36-27-38(37-21-25-40(31-11-5-2-6-12-31)52-47(37)46(36)51-39)34-16-14-32-18-22-41(49-44(32)28-34)35-17-15-33-19-24-43(50-45(33)29-35)42-13-7-8-26-48-42/h1-29,40,44,49,52H. The molecule has 0 spiro atoms. The summed E-state index contributed by atoms with van der Waals surface area (Å²) < 4.78 is 0. The number of pyridine rings is 3. The van der Waals surface area contributed by atoms with Crippen molar-refractivity contribution in [1.29, 1.82) is 0 Å². The van der Waals surface area contributed by atoms with Gasteiger partial charge in [-0.15, -0.1) is 0 Å². The molecule has 5 nitrogen and oxygen atoms in total. The fourth-order valence-corrected chi connectivity index (χ4v) is 7.46. The monoisotopic (exact) mass is 667 g/mol. The molecule has 2 atom stereocenters. The molecule has 5 heteroatoms. The van der Waals surface area contributed by atoms with Crippen LogP contribution < -0.4 is 10.6 Å². The first-order chi connectivity index (χ1) is 25.7. The van der Waals surface area contributed by atoms with Crippen molar-refractivity contribution in [3.05, 3.63) is 198 Å². The molecular formula is C47H33N5. The van der Waals surface area contributed by atoms with Gasteiger partial charge in [-0.25, -0.2) is 9.97 Å². The lowest BCUT2D eigenvalue weighted by atomic mass is 9.86. The number of rotatable bonds is 5. The second kappa shape index (κ2) is 12.5. The number of anilines is 1. The number of hydrogen-bond donors (Lipinski definition) is 2. The molecule has 2 unspecified atom stereocenters. The number of nitrogens with zero attached hydrogens (tertiary/aromatic N) is 3. The summed E-state index contributed by atoms with van der Waals surface area (Å²) >= 11 is 0. The SMILES string of the molecule is C1=CC2=CC=C(c3ccc4ccc(-c5ccccn5)nc4c3)NC2C=C1c1cc2ccc(-c3ccccc3)nc2c2c1C=CC(c1ccccc1)N2. The summed E-state index contributed by atoms with van der Waals surface area (Å²) in [6, 6.07) is 44.2. The molecule has 0 fully saturated rings. The minimum atomic E-state index is 0.0195. The molecular weight excluding hydrogens is 635 g/mol. The lowest BCUT2D eigenvalue weighted by molar-refractivity contribution is 0.815. The zero-order valence-corrected chi connectivity index (χ0v) is 28.2. The molecule has 0 bridgehead atoms. The van der Waals surface area contributed by atoms with Gasteiger partial charge in [0.1, 0.15) is 0 Å². The smallest absolute Gasteiger partial charge is 0.0947 e. The average molecular weight is 668 g/mol. The number of fused-ring (bicyclic) bond motifs is 5. The fraction of sp³-hybridized carbons (Fsp3) is 0.0426. The van der Waals surface area contributed by atoms with Gasteiger partial charge in [-0.05, 0) is 70.3 Å². The molecule has 3 aromatic heterocycles. The van der Waals surface area contributed by atoms with Crippen LogP contribution in [0.3, 0.4) is 0 Å². The average Bonchev–Trinajstić information content (AvgIpc) is 3.23. The van der Waals surface area contributed by atoms with Crippen molar-refractivity contribution in [3.8, 4) is 22.6 Å². The summed E-state index contributed by atoms with van der Waals surface area (Å²) in [4.78, 5) is 14.7. The Morgan fingerprint density at radius 3 is 2.23 bits per heavy atom. The van der Waals surface area contributed by atoms with Crippen molar-refractivity contribution in [2.24, 2.45) is 0 Å². The van der Waals surface area contributed by atoms with Crippen LogP contribution >= 0.6 is 0 Å². The van der Waals surface area contributed by atoms with Gasteiger partial charge in [0, 0.05) is 33.8 Å². The van der Waals surface area contributed by atoms with E-state index >= 15 is 0 Å². The minimum absolute atomic E-state index is 0.0195. The summed E-state index contributed by atoms with van der Waals surface area (Å²) in [6.07, 6.45) is 17.6. The quantitative estimate of drug-likeness (QED) is 0.191. The highest BCUT2D eigenvalue weighted by Gasteiger charge is 2.25. The molecule has 1 aliphatic carbocycles. The van der Waals surface area contributed by atoms with E-state index < -0.39 is 0 Å². The Bertz CT molecular complexity index is 2670. The Labute approximate surface area is 302 Å². The lowest BCUT2D eigenvalue weighted by Gasteiger charge is -2.29. The first-order valence-electron chi connectivity index (χ1n) is 17.7. The van der Waals surface area contributed by atoms with Crippen LogP contribution in [0.4, 0.5) is 5.69 Å². The van der Waals surface area contributed by atoms with Gasteiger partial charge in [-0.1, -0.05) is 127 Å². The largest absolute Gasteiger partial charge is 0.374 e. The van der Waals surface area contributed by atoms with Crippen LogP contribution in [0, 0.1) is 0 Å². The van der Waals surface area contributed by atoms with Gasteiger partial charge in [0.15, 0.2) is 0 Å². The second-order valence-electron chi connectivity index (χ2n) is 13.4. The van der Waals surface area contributed by atoms with Crippen LogP contribution in [0.15, 0.2) is 176 Å². The van der Waals surface area contributed by atoms with Gasteiger partial charge in [-0.3, -0.25) is 4.98 Å². The fourth-order valence-electron chi connectivity index (χ4n) is 7.46. The molecule has 246 valence electrons. The van der Waals surface area contributed by atoms with Crippen LogP contribution in [0.2, 0.25) is 0 Å². The zero-order chi connectivity index (χ0) is 34.4. The van der Waals surface area contributed by atoms with Crippen LogP contribution in [0.1, 0.15) is 28.3 Å². The summed E-state index contributed by atoms with van der Waals surface area (Å²) in [5.74, 6) is 0. The molecule has 7 aromatic rings. The Balaban J connectivity index is 1.02. The van der Waals surface area contributed by atoms with E-state index in [1.807, 2.05) is 30.3 Å². The Kier molecular flexibility index (Phi) is 7.21. The molecule has 52 heavy (non-hydrogen) atoms. The first-order valence-corrected chi connectivity index (χ1v) is 17.7. The summed E-state index contributed by atoms with van der Waals surface area (Å²) in [5, 5.41) is 9.91. The molecule has 0 saturated carbocycles. The molecule has 4 aromatic carbocycles. The molecule has 0 saturated heterocycles. The minimum Gasteiger partial charge on any atom is -0.374 e. The van der Waals surface area contributed by atoms with E-state index in [0.717, 1.165) is 67.0 Å². The number of nitrogens with one attached hydrogen (secondary N) is 2. The normalized spacial score (nSPS) is 17.3. The van der Waals surface area contributed by atoms with Gasteiger partial charge >= 0.3 is 0 Å². The predicted octanol–water partition coefficient (Wildman–Crippen LogP) is 10.6. The van der Waals surface area contributed by atoms with Gasteiger partial charge in [0.25, 0.3) is 0 Å².